The highest BCUT2D eigenvalue weighted by molar-refractivity contribution is 7.98. The zero-order chi connectivity index (χ0) is 19.5. The number of aryl methyl sites for hydroxylation is 1. The summed E-state index contributed by atoms with van der Waals surface area (Å²) in [5.41, 5.74) is 2.52. The molecule has 0 unspecified atom stereocenters. The van der Waals surface area contributed by atoms with Gasteiger partial charge in [0, 0.05) is 18.0 Å². The largest absolute Gasteiger partial charge is 0.360 e. The van der Waals surface area contributed by atoms with Crippen molar-refractivity contribution < 1.29 is 9.32 Å². The van der Waals surface area contributed by atoms with Gasteiger partial charge in [0.25, 0.3) is 5.91 Å². The van der Waals surface area contributed by atoms with Crippen LogP contribution in [-0.2, 0) is 12.3 Å². The number of aromatic nitrogens is 2. The Morgan fingerprint density at radius 1 is 1.18 bits per heavy atom. The highest BCUT2D eigenvalue weighted by Gasteiger charge is 2.18. The Morgan fingerprint density at radius 2 is 1.96 bits per heavy atom. The Kier molecular flexibility index (Phi) is 5.45. The standard InChI is InChI=1S/C21H19N3O2S2/c1-14-11-15(26-23-14)13-27-18-9-5-3-7-16(18)21(25)24(2)12-20-22-17-8-4-6-10-19(17)28-20/h3-11H,12-13H2,1-2H3. The van der Waals surface area contributed by atoms with E-state index in [1.54, 1.807) is 28.0 Å². The number of thioether (sulfide) groups is 1. The second-order valence-corrected chi connectivity index (χ2v) is 8.59. The third-order valence-corrected chi connectivity index (χ3v) is 6.34. The number of fused-ring (bicyclic) bond motifs is 1. The minimum Gasteiger partial charge on any atom is -0.360 e. The smallest absolute Gasteiger partial charge is 0.255 e. The molecule has 2 heterocycles. The van der Waals surface area contributed by atoms with Crippen LogP contribution in [0, 0.1) is 6.92 Å². The van der Waals surface area contributed by atoms with Crippen molar-refractivity contribution in [3.05, 3.63) is 76.6 Å². The van der Waals surface area contributed by atoms with E-state index in [0.29, 0.717) is 17.9 Å². The van der Waals surface area contributed by atoms with Gasteiger partial charge in [-0.3, -0.25) is 4.79 Å². The van der Waals surface area contributed by atoms with Gasteiger partial charge in [-0.2, -0.15) is 0 Å². The van der Waals surface area contributed by atoms with Crippen LogP contribution in [-0.4, -0.2) is 28.0 Å². The minimum absolute atomic E-state index is 0.0175. The van der Waals surface area contributed by atoms with E-state index in [0.717, 1.165) is 31.6 Å². The average Bonchev–Trinajstić information content (AvgIpc) is 3.31. The van der Waals surface area contributed by atoms with E-state index in [2.05, 4.69) is 16.2 Å². The first-order valence-corrected chi connectivity index (χ1v) is 10.6. The molecule has 0 fully saturated rings. The molecule has 142 valence electrons. The maximum absolute atomic E-state index is 13.1. The summed E-state index contributed by atoms with van der Waals surface area (Å²) in [5.74, 6) is 1.41. The second kappa shape index (κ2) is 8.16. The molecule has 7 heteroatoms. The molecule has 4 rings (SSSR count). The Hall–Kier alpha value is -2.64. The van der Waals surface area contributed by atoms with Gasteiger partial charge >= 0.3 is 0 Å². The Bertz CT molecular complexity index is 1090. The number of hydrogen-bond acceptors (Lipinski definition) is 6. The van der Waals surface area contributed by atoms with Gasteiger partial charge < -0.3 is 9.42 Å². The molecule has 0 bridgehead atoms. The van der Waals surface area contributed by atoms with Gasteiger partial charge in [-0.25, -0.2) is 4.98 Å². The number of hydrogen-bond donors (Lipinski definition) is 0. The normalized spacial score (nSPS) is 11.1. The Morgan fingerprint density at radius 3 is 2.75 bits per heavy atom. The number of nitrogens with zero attached hydrogens (tertiary/aromatic N) is 3. The van der Waals surface area contributed by atoms with Crippen LogP contribution in [0.3, 0.4) is 0 Å². The SMILES string of the molecule is Cc1cc(CSc2ccccc2C(=O)N(C)Cc2nc3ccccc3s2)on1. The lowest BCUT2D eigenvalue weighted by Crippen LogP contribution is -2.26. The molecule has 0 atom stereocenters. The van der Waals surface area contributed by atoms with Crippen LogP contribution >= 0.6 is 23.1 Å². The van der Waals surface area contributed by atoms with Crippen molar-refractivity contribution >= 4 is 39.2 Å². The van der Waals surface area contributed by atoms with Crippen LogP contribution in [0.5, 0.6) is 0 Å². The molecule has 2 aromatic carbocycles. The van der Waals surface area contributed by atoms with Crippen molar-refractivity contribution in [3.8, 4) is 0 Å². The molecular weight excluding hydrogens is 390 g/mol. The molecule has 0 aliphatic heterocycles. The van der Waals surface area contributed by atoms with Crippen molar-refractivity contribution in [2.75, 3.05) is 7.05 Å². The monoisotopic (exact) mass is 409 g/mol. The lowest BCUT2D eigenvalue weighted by atomic mass is 10.2. The number of benzene rings is 2. The van der Waals surface area contributed by atoms with E-state index in [9.17, 15) is 4.79 Å². The van der Waals surface area contributed by atoms with E-state index in [-0.39, 0.29) is 5.91 Å². The van der Waals surface area contributed by atoms with E-state index in [4.69, 9.17) is 4.52 Å². The van der Waals surface area contributed by atoms with Crippen molar-refractivity contribution in [1.82, 2.24) is 15.0 Å². The van der Waals surface area contributed by atoms with Crippen LogP contribution in [0.15, 0.2) is 64.0 Å². The molecule has 0 saturated heterocycles. The molecule has 2 aromatic heterocycles. The summed E-state index contributed by atoms with van der Waals surface area (Å²) in [7, 11) is 1.82. The summed E-state index contributed by atoms with van der Waals surface area (Å²) >= 11 is 3.20. The van der Waals surface area contributed by atoms with Gasteiger partial charge in [-0.05, 0) is 31.2 Å². The van der Waals surface area contributed by atoms with Gasteiger partial charge in [-0.15, -0.1) is 23.1 Å². The fourth-order valence-electron chi connectivity index (χ4n) is 2.87. The van der Waals surface area contributed by atoms with Gasteiger partial charge in [0.1, 0.15) is 10.8 Å². The average molecular weight is 410 g/mol. The van der Waals surface area contributed by atoms with Gasteiger partial charge in [0.15, 0.2) is 0 Å². The zero-order valence-corrected chi connectivity index (χ0v) is 17.2. The molecule has 1 amide bonds. The van der Waals surface area contributed by atoms with Crippen LogP contribution < -0.4 is 0 Å². The molecule has 0 spiro atoms. The van der Waals surface area contributed by atoms with E-state index in [1.807, 2.05) is 62.5 Å². The molecule has 4 aromatic rings. The van der Waals surface area contributed by atoms with Gasteiger partial charge in [0.05, 0.1) is 33.8 Å². The maximum atomic E-state index is 13.1. The van der Waals surface area contributed by atoms with Crippen LogP contribution in [0.25, 0.3) is 10.2 Å². The molecular formula is C21H19N3O2S2. The predicted molar refractivity (Wildman–Crippen MR) is 113 cm³/mol. The van der Waals surface area contributed by atoms with E-state index in [1.165, 1.54) is 0 Å². The summed E-state index contributed by atoms with van der Waals surface area (Å²) in [5, 5.41) is 4.84. The molecule has 0 saturated carbocycles. The van der Waals surface area contributed by atoms with Crippen LogP contribution in [0.2, 0.25) is 0 Å². The lowest BCUT2D eigenvalue weighted by molar-refractivity contribution is 0.0781. The van der Waals surface area contributed by atoms with E-state index < -0.39 is 0 Å². The van der Waals surface area contributed by atoms with Crippen LogP contribution in [0.1, 0.15) is 26.8 Å². The highest BCUT2D eigenvalue weighted by Crippen LogP contribution is 2.28. The zero-order valence-electron chi connectivity index (χ0n) is 15.6. The number of rotatable bonds is 6. The summed E-state index contributed by atoms with van der Waals surface area (Å²) in [6.07, 6.45) is 0. The summed E-state index contributed by atoms with van der Waals surface area (Å²) < 4.78 is 6.40. The third-order valence-electron chi connectivity index (χ3n) is 4.22. The first kappa shape index (κ1) is 18.7. The van der Waals surface area contributed by atoms with Crippen molar-refractivity contribution in [2.45, 2.75) is 24.1 Å². The number of amides is 1. The topological polar surface area (TPSA) is 59.2 Å². The van der Waals surface area contributed by atoms with Crippen molar-refractivity contribution in [3.63, 3.8) is 0 Å². The maximum Gasteiger partial charge on any atom is 0.255 e. The molecule has 0 radical (unpaired) electrons. The fourth-order valence-corrected chi connectivity index (χ4v) is 4.81. The number of thiazole rings is 1. The fraction of sp³-hybridized carbons (Fsp3) is 0.190. The molecule has 0 aliphatic carbocycles. The summed E-state index contributed by atoms with van der Waals surface area (Å²) in [6.45, 7) is 2.38. The third kappa shape index (κ3) is 4.10. The van der Waals surface area contributed by atoms with Gasteiger partial charge in [0.2, 0.25) is 0 Å². The molecule has 0 N–H and O–H groups in total. The quantitative estimate of drug-likeness (QED) is 0.412. The first-order valence-electron chi connectivity index (χ1n) is 8.84. The summed E-state index contributed by atoms with van der Waals surface area (Å²) in [6, 6.07) is 17.6. The Balaban J connectivity index is 1.48. The van der Waals surface area contributed by atoms with Crippen molar-refractivity contribution in [2.24, 2.45) is 0 Å². The second-order valence-electron chi connectivity index (χ2n) is 6.46. The van der Waals surface area contributed by atoms with Crippen LogP contribution in [0.4, 0.5) is 0 Å². The number of para-hydroxylation sites is 1. The number of carbonyl (C=O) groups excluding carboxylic acids is 1. The minimum atomic E-state index is -0.0175. The number of carbonyl (C=O) groups is 1. The lowest BCUT2D eigenvalue weighted by Gasteiger charge is -2.17. The molecule has 0 aliphatic rings. The molecule has 5 nitrogen and oxygen atoms in total. The summed E-state index contributed by atoms with van der Waals surface area (Å²) in [4.78, 5) is 20.3. The van der Waals surface area contributed by atoms with Gasteiger partial charge in [-0.1, -0.05) is 29.4 Å². The van der Waals surface area contributed by atoms with E-state index >= 15 is 0 Å². The predicted octanol–water partition coefficient (Wildman–Crippen LogP) is 5.16. The Labute approximate surface area is 171 Å². The molecule has 28 heavy (non-hydrogen) atoms. The first-order chi connectivity index (χ1) is 13.6. The van der Waals surface area contributed by atoms with Crippen molar-refractivity contribution in [1.29, 1.82) is 0 Å². The highest BCUT2D eigenvalue weighted by atomic mass is 32.2.